The van der Waals surface area contributed by atoms with Crippen LogP contribution in [0.15, 0.2) is 23.2 Å². The number of aliphatic imine (C=N–C) groups is 1. The second-order valence-electron chi connectivity index (χ2n) is 6.79. The van der Waals surface area contributed by atoms with E-state index in [1.807, 2.05) is 18.2 Å². The molecule has 1 aromatic rings. The van der Waals surface area contributed by atoms with Crippen molar-refractivity contribution in [1.82, 2.24) is 0 Å². The number of phenols is 1. The molecule has 0 radical (unpaired) electrons. The summed E-state index contributed by atoms with van der Waals surface area (Å²) in [4.78, 5) is 4.61. The molecule has 0 aromatic heterocycles. The summed E-state index contributed by atoms with van der Waals surface area (Å²) in [6, 6.07) is 6.21. The first kappa shape index (κ1) is 15.0. The molecule has 2 rings (SSSR count). The van der Waals surface area contributed by atoms with Crippen molar-refractivity contribution in [1.29, 1.82) is 0 Å². The van der Waals surface area contributed by atoms with Gasteiger partial charge < -0.3 is 10.8 Å². The number of rotatable bonds is 2. The van der Waals surface area contributed by atoms with Gasteiger partial charge in [-0.25, -0.2) is 0 Å². The minimum absolute atomic E-state index is 0.0742. The topological polar surface area (TPSA) is 58.6 Å². The van der Waals surface area contributed by atoms with E-state index in [1.165, 1.54) is 12.8 Å². The van der Waals surface area contributed by atoms with E-state index in [4.69, 9.17) is 5.73 Å². The standard InChI is InChI=1S/C17H26N2O/c1-17(2,3)13-8-6-7-12(16(13)20)11-19-15-10-5-4-9-14(15)18/h6-8,11,14-15,20H,4-5,9-10,18H2,1-3H3/t14-,15-/m1/s1. The molecule has 0 spiro atoms. The Bertz CT molecular complexity index is 488. The Balaban J connectivity index is 2.21. The van der Waals surface area contributed by atoms with Crippen LogP contribution in [-0.4, -0.2) is 23.4 Å². The van der Waals surface area contributed by atoms with Crippen molar-refractivity contribution in [3.05, 3.63) is 29.3 Å². The lowest BCUT2D eigenvalue weighted by Crippen LogP contribution is -2.36. The van der Waals surface area contributed by atoms with Crippen LogP contribution in [0.5, 0.6) is 5.75 Å². The zero-order chi connectivity index (χ0) is 14.8. The molecule has 1 aromatic carbocycles. The summed E-state index contributed by atoms with van der Waals surface area (Å²) in [6.45, 7) is 6.29. The summed E-state index contributed by atoms with van der Waals surface area (Å²) >= 11 is 0. The Morgan fingerprint density at radius 1 is 1.25 bits per heavy atom. The fraction of sp³-hybridized carbons (Fsp3) is 0.588. The molecule has 1 aliphatic carbocycles. The van der Waals surface area contributed by atoms with E-state index in [2.05, 4.69) is 25.8 Å². The van der Waals surface area contributed by atoms with Gasteiger partial charge in [0.2, 0.25) is 0 Å². The van der Waals surface area contributed by atoms with Gasteiger partial charge in [0.25, 0.3) is 0 Å². The van der Waals surface area contributed by atoms with E-state index in [9.17, 15) is 5.11 Å². The lowest BCUT2D eigenvalue weighted by Gasteiger charge is -2.25. The van der Waals surface area contributed by atoms with Crippen LogP contribution in [0.1, 0.15) is 57.6 Å². The maximum Gasteiger partial charge on any atom is 0.128 e. The molecule has 0 amide bonds. The molecule has 0 saturated heterocycles. The van der Waals surface area contributed by atoms with Crippen molar-refractivity contribution in [2.45, 2.75) is 64.0 Å². The zero-order valence-corrected chi connectivity index (χ0v) is 12.8. The molecular weight excluding hydrogens is 248 g/mol. The van der Waals surface area contributed by atoms with Gasteiger partial charge in [0.05, 0.1) is 6.04 Å². The van der Waals surface area contributed by atoms with Crippen LogP contribution in [0.2, 0.25) is 0 Å². The van der Waals surface area contributed by atoms with Gasteiger partial charge in [-0.15, -0.1) is 0 Å². The average Bonchev–Trinajstić information content (AvgIpc) is 2.38. The first-order chi connectivity index (χ1) is 9.39. The van der Waals surface area contributed by atoms with Crippen LogP contribution in [0.4, 0.5) is 0 Å². The van der Waals surface area contributed by atoms with Crippen LogP contribution < -0.4 is 5.73 Å². The molecule has 20 heavy (non-hydrogen) atoms. The summed E-state index contributed by atoms with van der Waals surface area (Å²) < 4.78 is 0. The van der Waals surface area contributed by atoms with Gasteiger partial charge in [-0.1, -0.05) is 45.7 Å². The number of hydrogen-bond acceptors (Lipinski definition) is 3. The Kier molecular flexibility index (Phi) is 4.48. The van der Waals surface area contributed by atoms with Gasteiger partial charge >= 0.3 is 0 Å². The molecule has 3 heteroatoms. The molecule has 0 aliphatic heterocycles. The summed E-state index contributed by atoms with van der Waals surface area (Å²) in [5, 5.41) is 10.4. The fourth-order valence-corrected chi connectivity index (χ4v) is 2.77. The average molecular weight is 274 g/mol. The van der Waals surface area contributed by atoms with Crippen LogP contribution in [-0.2, 0) is 5.41 Å². The second-order valence-corrected chi connectivity index (χ2v) is 6.79. The Labute approximate surface area is 121 Å². The number of para-hydroxylation sites is 1. The predicted molar refractivity (Wildman–Crippen MR) is 84.6 cm³/mol. The maximum atomic E-state index is 10.4. The van der Waals surface area contributed by atoms with Crippen LogP contribution in [0.25, 0.3) is 0 Å². The van der Waals surface area contributed by atoms with Crippen LogP contribution >= 0.6 is 0 Å². The number of benzene rings is 1. The molecule has 3 nitrogen and oxygen atoms in total. The molecule has 0 heterocycles. The van der Waals surface area contributed by atoms with Gasteiger partial charge in [0, 0.05) is 17.8 Å². The lowest BCUT2D eigenvalue weighted by atomic mass is 9.85. The molecule has 0 unspecified atom stereocenters. The molecule has 0 bridgehead atoms. The number of nitrogens with zero attached hydrogens (tertiary/aromatic N) is 1. The van der Waals surface area contributed by atoms with Gasteiger partial charge in [0.1, 0.15) is 5.75 Å². The summed E-state index contributed by atoms with van der Waals surface area (Å²) in [7, 11) is 0. The molecule has 1 aliphatic rings. The van der Waals surface area contributed by atoms with E-state index in [0.717, 1.165) is 24.0 Å². The molecule has 2 atom stereocenters. The number of phenolic OH excluding ortho intramolecular Hbond substituents is 1. The van der Waals surface area contributed by atoms with Crippen molar-refractivity contribution in [3.8, 4) is 5.75 Å². The van der Waals surface area contributed by atoms with Crippen molar-refractivity contribution >= 4 is 6.21 Å². The first-order valence-electron chi connectivity index (χ1n) is 7.51. The van der Waals surface area contributed by atoms with E-state index < -0.39 is 0 Å². The van der Waals surface area contributed by atoms with Crippen molar-refractivity contribution < 1.29 is 5.11 Å². The SMILES string of the molecule is CC(C)(C)c1cccc(C=N[C@@H]2CCCC[C@H]2N)c1O. The molecule has 1 fully saturated rings. The van der Waals surface area contributed by atoms with Gasteiger partial charge in [0.15, 0.2) is 0 Å². The third kappa shape index (κ3) is 3.40. The smallest absolute Gasteiger partial charge is 0.128 e. The highest BCUT2D eigenvalue weighted by atomic mass is 16.3. The Morgan fingerprint density at radius 3 is 2.60 bits per heavy atom. The van der Waals surface area contributed by atoms with E-state index in [1.54, 1.807) is 6.21 Å². The Morgan fingerprint density at radius 2 is 1.95 bits per heavy atom. The van der Waals surface area contributed by atoms with E-state index >= 15 is 0 Å². The van der Waals surface area contributed by atoms with E-state index in [-0.39, 0.29) is 17.5 Å². The molecule has 1 saturated carbocycles. The summed E-state index contributed by atoms with van der Waals surface area (Å²) in [5.41, 5.74) is 7.77. The van der Waals surface area contributed by atoms with Gasteiger partial charge in [-0.3, -0.25) is 4.99 Å². The predicted octanol–water partition coefficient (Wildman–Crippen LogP) is 3.38. The zero-order valence-electron chi connectivity index (χ0n) is 12.8. The Hall–Kier alpha value is -1.35. The highest BCUT2D eigenvalue weighted by Crippen LogP contribution is 2.32. The highest BCUT2D eigenvalue weighted by Gasteiger charge is 2.21. The quantitative estimate of drug-likeness (QED) is 0.812. The molecule has 110 valence electrons. The third-order valence-electron chi connectivity index (χ3n) is 4.06. The number of aromatic hydroxyl groups is 1. The number of nitrogens with two attached hydrogens (primary N) is 1. The normalized spacial score (nSPS) is 24.2. The van der Waals surface area contributed by atoms with Crippen molar-refractivity contribution in [2.75, 3.05) is 0 Å². The molecular formula is C17H26N2O. The first-order valence-corrected chi connectivity index (χ1v) is 7.51. The minimum atomic E-state index is -0.0742. The summed E-state index contributed by atoms with van der Waals surface area (Å²) in [6.07, 6.45) is 6.30. The monoisotopic (exact) mass is 274 g/mol. The molecule has 3 N–H and O–H groups in total. The number of hydrogen-bond donors (Lipinski definition) is 2. The van der Waals surface area contributed by atoms with Crippen molar-refractivity contribution in [3.63, 3.8) is 0 Å². The van der Waals surface area contributed by atoms with E-state index in [0.29, 0.717) is 5.75 Å². The minimum Gasteiger partial charge on any atom is -0.507 e. The van der Waals surface area contributed by atoms with Crippen molar-refractivity contribution in [2.24, 2.45) is 10.7 Å². The third-order valence-corrected chi connectivity index (χ3v) is 4.06. The van der Waals surface area contributed by atoms with Gasteiger partial charge in [-0.05, 0) is 29.9 Å². The van der Waals surface area contributed by atoms with Gasteiger partial charge in [-0.2, -0.15) is 0 Å². The lowest BCUT2D eigenvalue weighted by molar-refractivity contribution is 0.387. The van der Waals surface area contributed by atoms with Crippen LogP contribution in [0.3, 0.4) is 0 Å². The highest BCUT2D eigenvalue weighted by molar-refractivity contribution is 5.84. The largest absolute Gasteiger partial charge is 0.507 e. The fourth-order valence-electron chi connectivity index (χ4n) is 2.77. The maximum absolute atomic E-state index is 10.4. The second kappa shape index (κ2) is 5.96. The van der Waals surface area contributed by atoms with Crippen LogP contribution in [0, 0.1) is 0 Å². The summed E-state index contributed by atoms with van der Waals surface area (Å²) in [5.74, 6) is 0.341.